The van der Waals surface area contributed by atoms with Crippen molar-refractivity contribution in [1.29, 1.82) is 0 Å². The van der Waals surface area contributed by atoms with Gasteiger partial charge in [0.15, 0.2) is 0 Å². The molecule has 0 radical (unpaired) electrons. The van der Waals surface area contributed by atoms with Gasteiger partial charge in [0.1, 0.15) is 29.0 Å². The van der Waals surface area contributed by atoms with E-state index in [0.717, 1.165) is 29.2 Å². The molecule has 0 amide bonds. The van der Waals surface area contributed by atoms with Gasteiger partial charge in [0.05, 0.1) is 12.8 Å². The third kappa shape index (κ3) is 4.77. The molecule has 1 aromatic carbocycles. The number of halogens is 2. The summed E-state index contributed by atoms with van der Waals surface area (Å²) in [6.07, 6.45) is 2.11. The Kier molecular flexibility index (Phi) is 6.07. The standard InChI is InChI=1S/C16H20F2N6O/c1-10(21-6-2-5-19)22-8-14-15(20)24(16(25)23-14)9-11-7-12(17)3-4-13(11)18/h3-4,7-8,21H,1-2,5-6,9,19-20H2,(H,23,25). The van der Waals surface area contributed by atoms with Crippen molar-refractivity contribution in [2.75, 3.05) is 18.8 Å². The fourth-order valence-electron chi connectivity index (χ4n) is 2.11. The molecule has 0 saturated heterocycles. The van der Waals surface area contributed by atoms with Gasteiger partial charge in [-0.05, 0) is 31.2 Å². The first-order chi connectivity index (χ1) is 11.9. The number of nitrogens with two attached hydrogens (primary N) is 2. The maximum absolute atomic E-state index is 13.7. The lowest BCUT2D eigenvalue weighted by Crippen LogP contribution is -2.19. The van der Waals surface area contributed by atoms with Gasteiger partial charge >= 0.3 is 5.69 Å². The lowest BCUT2D eigenvalue weighted by atomic mass is 10.2. The normalized spacial score (nSPS) is 11.2. The molecule has 2 aromatic rings. The van der Waals surface area contributed by atoms with Crippen LogP contribution in [-0.2, 0) is 6.54 Å². The van der Waals surface area contributed by atoms with E-state index >= 15 is 0 Å². The molecule has 0 aliphatic rings. The second-order valence-electron chi connectivity index (χ2n) is 5.32. The highest BCUT2D eigenvalue weighted by Crippen LogP contribution is 2.13. The Balaban J connectivity index is 2.16. The SMILES string of the molecule is C=C(N=Cc1[nH]c(=O)n(Cc2cc(F)ccc2F)c1N)NCCCN. The van der Waals surface area contributed by atoms with Crippen molar-refractivity contribution in [3.05, 3.63) is 64.0 Å². The number of H-pyrrole nitrogens is 1. The topological polar surface area (TPSA) is 114 Å². The van der Waals surface area contributed by atoms with Gasteiger partial charge in [-0.25, -0.2) is 18.6 Å². The lowest BCUT2D eigenvalue weighted by Gasteiger charge is -2.06. The smallest absolute Gasteiger partial charge is 0.327 e. The van der Waals surface area contributed by atoms with Gasteiger partial charge < -0.3 is 21.8 Å². The number of nitrogens with one attached hydrogen (secondary N) is 2. The van der Waals surface area contributed by atoms with E-state index < -0.39 is 17.3 Å². The Morgan fingerprint density at radius 2 is 2.20 bits per heavy atom. The molecule has 0 fully saturated rings. The van der Waals surface area contributed by atoms with Crippen molar-refractivity contribution >= 4 is 12.0 Å². The molecule has 1 aromatic heterocycles. The van der Waals surface area contributed by atoms with E-state index in [9.17, 15) is 13.6 Å². The van der Waals surface area contributed by atoms with Crippen LogP contribution >= 0.6 is 0 Å². The highest BCUT2D eigenvalue weighted by molar-refractivity contribution is 5.83. The molecule has 25 heavy (non-hydrogen) atoms. The summed E-state index contributed by atoms with van der Waals surface area (Å²) in [6, 6.07) is 3.02. The number of benzene rings is 1. The van der Waals surface area contributed by atoms with Crippen LogP contribution in [0.15, 0.2) is 40.4 Å². The van der Waals surface area contributed by atoms with E-state index in [2.05, 4.69) is 21.9 Å². The molecule has 7 nitrogen and oxygen atoms in total. The van der Waals surface area contributed by atoms with Crippen LogP contribution in [0.1, 0.15) is 17.7 Å². The molecule has 0 atom stereocenters. The maximum atomic E-state index is 13.7. The van der Waals surface area contributed by atoms with E-state index in [1.807, 2.05) is 0 Å². The zero-order chi connectivity index (χ0) is 18.4. The van der Waals surface area contributed by atoms with Crippen molar-refractivity contribution < 1.29 is 8.78 Å². The highest BCUT2D eigenvalue weighted by atomic mass is 19.1. The second-order valence-corrected chi connectivity index (χ2v) is 5.32. The average molecular weight is 350 g/mol. The van der Waals surface area contributed by atoms with Crippen LogP contribution in [-0.4, -0.2) is 28.9 Å². The number of nitrogens with zero attached hydrogens (tertiary/aromatic N) is 2. The average Bonchev–Trinajstić information content (AvgIpc) is 2.84. The van der Waals surface area contributed by atoms with E-state index in [0.29, 0.717) is 18.9 Å². The minimum absolute atomic E-state index is 0.0177. The van der Waals surface area contributed by atoms with E-state index in [1.54, 1.807) is 0 Å². The molecule has 0 aliphatic heterocycles. The number of aliphatic imine (C=N–C) groups is 1. The summed E-state index contributed by atoms with van der Waals surface area (Å²) in [4.78, 5) is 18.6. The van der Waals surface area contributed by atoms with Crippen LogP contribution in [0.4, 0.5) is 14.6 Å². The van der Waals surface area contributed by atoms with Crippen LogP contribution in [0.3, 0.4) is 0 Å². The van der Waals surface area contributed by atoms with Crippen molar-refractivity contribution in [3.8, 4) is 0 Å². The maximum Gasteiger partial charge on any atom is 0.327 e. The van der Waals surface area contributed by atoms with Crippen LogP contribution in [0.25, 0.3) is 0 Å². The first kappa shape index (κ1) is 18.4. The summed E-state index contributed by atoms with van der Waals surface area (Å²) < 4.78 is 28.1. The second kappa shape index (κ2) is 8.25. The minimum atomic E-state index is -0.624. The van der Waals surface area contributed by atoms with Gasteiger partial charge in [-0.3, -0.25) is 4.57 Å². The Bertz CT molecular complexity index is 840. The van der Waals surface area contributed by atoms with Crippen LogP contribution in [0.5, 0.6) is 0 Å². The van der Waals surface area contributed by atoms with Crippen molar-refractivity contribution in [2.24, 2.45) is 10.7 Å². The molecule has 6 N–H and O–H groups in total. The van der Waals surface area contributed by atoms with Gasteiger partial charge in [0.2, 0.25) is 0 Å². The first-order valence-corrected chi connectivity index (χ1v) is 7.61. The monoisotopic (exact) mass is 350 g/mol. The number of hydrogen-bond donors (Lipinski definition) is 4. The Hall–Kier alpha value is -2.94. The largest absolute Gasteiger partial charge is 0.383 e. The molecule has 0 spiro atoms. The van der Waals surface area contributed by atoms with Gasteiger partial charge in [-0.1, -0.05) is 6.58 Å². The summed E-state index contributed by atoms with van der Waals surface area (Å²) in [6.45, 7) is 4.68. The number of imidazole rings is 1. The fourth-order valence-corrected chi connectivity index (χ4v) is 2.11. The van der Waals surface area contributed by atoms with Crippen LogP contribution in [0.2, 0.25) is 0 Å². The van der Waals surface area contributed by atoms with E-state index in [-0.39, 0.29) is 23.6 Å². The van der Waals surface area contributed by atoms with Crippen LogP contribution in [0, 0.1) is 11.6 Å². The molecule has 134 valence electrons. The molecule has 1 heterocycles. The highest BCUT2D eigenvalue weighted by Gasteiger charge is 2.12. The minimum Gasteiger partial charge on any atom is -0.383 e. The zero-order valence-electron chi connectivity index (χ0n) is 13.6. The third-order valence-corrected chi connectivity index (χ3v) is 3.45. The molecule has 9 heteroatoms. The Morgan fingerprint density at radius 1 is 1.44 bits per heavy atom. The summed E-state index contributed by atoms with van der Waals surface area (Å²) in [5.41, 5.74) is 11.0. The number of hydrogen-bond acceptors (Lipinski definition) is 5. The third-order valence-electron chi connectivity index (χ3n) is 3.45. The molecule has 0 bridgehead atoms. The summed E-state index contributed by atoms with van der Waals surface area (Å²) in [5.74, 6) is -0.772. The number of rotatable bonds is 8. The molecule has 0 aliphatic carbocycles. The molecule has 2 rings (SSSR count). The lowest BCUT2D eigenvalue weighted by molar-refractivity contribution is 0.576. The van der Waals surface area contributed by atoms with Crippen molar-refractivity contribution in [1.82, 2.24) is 14.9 Å². The molecular weight excluding hydrogens is 330 g/mol. The number of aromatic amines is 1. The van der Waals surface area contributed by atoms with Crippen molar-refractivity contribution in [2.45, 2.75) is 13.0 Å². The summed E-state index contributed by atoms with van der Waals surface area (Å²) in [7, 11) is 0. The zero-order valence-corrected chi connectivity index (χ0v) is 13.6. The summed E-state index contributed by atoms with van der Waals surface area (Å²) in [5, 5.41) is 2.94. The quantitative estimate of drug-likeness (QED) is 0.418. The van der Waals surface area contributed by atoms with E-state index in [4.69, 9.17) is 11.5 Å². The number of anilines is 1. The van der Waals surface area contributed by atoms with Gasteiger partial charge in [0, 0.05) is 12.1 Å². The fraction of sp³-hybridized carbons (Fsp3) is 0.250. The summed E-state index contributed by atoms with van der Waals surface area (Å²) >= 11 is 0. The van der Waals surface area contributed by atoms with Crippen molar-refractivity contribution in [3.63, 3.8) is 0 Å². The number of nitrogen functional groups attached to an aromatic ring is 1. The number of aromatic nitrogens is 2. The van der Waals surface area contributed by atoms with Gasteiger partial charge in [0.25, 0.3) is 0 Å². The molecule has 0 unspecified atom stereocenters. The van der Waals surface area contributed by atoms with Crippen LogP contribution < -0.4 is 22.5 Å². The predicted octanol–water partition coefficient (Wildman–Crippen LogP) is 0.914. The molecular formula is C16H20F2N6O. The van der Waals surface area contributed by atoms with E-state index in [1.165, 1.54) is 6.21 Å². The van der Waals surface area contributed by atoms with Gasteiger partial charge in [-0.2, -0.15) is 0 Å². The predicted molar refractivity (Wildman–Crippen MR) is 93.3 cm³/mol. The first-order valence-electron chi connectivity index (χ1n) is 7.61. The Morgan fingerprint density at radius 3 is 2.92 bits per heavy atom. The molecule has 0 saturated carbocycles. The van der Waals surface area contributed by atoms with Gasteiger partial charge in [-0.15, -0.1) is 0 Å². The Labute approximate surface area is 143 Å².